The van der Waals surface area contributed by atoms with E-state index in [1.807, 2.05) is 0 Å². The van der Waals surface area contributed by atoms with Crippen LogP contribution in [0.3, 0.4) is 0 Å². The quantitative estimate of drug-likeness (QED) is 0.571. The third-order valence-electron chi connectivity index (χ3n) is 2.22. The topological polar surface area (TPSA) is 24.5 Å². The third-order valence-corrected chi connectivity index (χ3v) is 2.22. The first-order valence-corrected chi connectivity index (χ1v) is 5.63. The molecule has 0 bridgehead atoms. The summed E-state index contributed by atoms with van der Waals surface area (Å²) in [5.41, 5.74) is 0. The minimum absolute atomic E-state index is 0.401. The molecule has 0 rings (SSSR count). The average Bonchev–Trinajstić information content (AvgIpc) is 2.15. The van der Waals surface area contributed by atoms with Gasteiger partial charge in [-0.25, -0.2) is 0 Å². The Balaban J connectivity index is 2.99. The first-order chi connectivity index (χ1) is 6.66. The van der Waals surface area contributed by atoms with Gasteiger partial charge in [-0.3, -0.25) is 0 Å². The van der Waals surface area contributed by atoms with Crippen LogP contribution in [0, 0.1) is 0 Å². The van der Waals surface area contributed by atoms with Crippen molar-refractivity contribution < 1.29 is 4.74 Å². The SMILES string of the molecule is CCC(C)OCCNCCCN(C)C. The summed E-state index contributed by atoms with van der Waals surface area (Å²) in [5, 5.41) is 3.37. The number of hydrogen-bond acceptors (Lipinski definition) is 3. The van der Waals surface area contributed by atoms with Crippen LogP contribution in [-0.2, 0) is 4.74 Å². The standard InChI is InChI=1S/C11H26N2O/c1-5-11(2)14-10-8-12-7-6-9-13(3)4/h11-12H,5-10H2,1-4H3. The maximum Gasteiger partial charge on any atom is 0.0594 e. The van der Waals surface area contributed by atoms with E-state index in [9.17, 15) is 0 Å². The van der Waals surface area contributed by atoms with E-state index in [4.69, 9.17) is 4.74 Å². The van der Waals surface area contributed by atoms with Gasteiger partial charge in [0.05, 0.1) is 12.7 Å². The zero-order chi connectivity index (χ0) is 10.8. The molecule has 0 aromatic heterocycles. The first-order valence-electron chi connectivity index (χ1n) is 5.63. The number of hydrogen-bond donors (Lipinski definition) is 1. The molecule has 0 aliphatic carbocycles. The molecule has 1 atom stereocenters. The van der Waals surface area contributed by atoms with E-state index in [1.165, 1.54) is 6.42 Å². The van der Waals surface area contributed by atoms with Crippen molar-refractivity contribution in [1.82, 2.24) is 10.2 Å². The second-order valence-electron chi connectivity index (χ2n) is 4.00. The molecule has 0 aliphatic heterocycles. The monoisotopic (exact) mass is 202 g/mol. The minimum atomic E-state index is 0.401. The van der Waals surface area contributed by atoms with Crippen LogP contribution in [0.2, 0.25) is 0 Å². The summed E-state index contributed by atoms with van der Waals surface area (Å²) in [6.45, 7) is 8.30. The maximum atomic E-state index is 5.55. The van der Waals surface area contributed by atoms with Gasteiger partial charge in [0.1, 0.15) is 0 Å². The summed E-state index contributed by atoms with van der Waals surface area (Å²) in [4.78, 5) is 2.21. The van der Waals surface area contributed by atoms with E-state index < -0.39 is 0 Å². The molecule has 0 saturated heterocycles. The van der Waals surface area contributed by atoms with Gasteiger partial charge >= 0.3 is 0 Å². The molecular formula is C11H26N2O. The van der Waals surface area contributed by atoms with Gasteiger partial charge < -0.3 is 15.0 Å². The summed E-state index contributed by atoms with van der Waals surface area (Å²) in [6, 6.07) is 0. The van der Waals surface area contributed by atoms with E-state index in [0.717, 1.165) is 32.7 Å². The predicted octanol–water partition coefficient (Wildman–Crippen LogP) is 1.34. The lowest BCUT2D eigenvalue weighted by atomic mass is 10.3. The molecule has 0 aliphatic rings. The lowest BCUT2D eigenvalue weighted by molar-refractivity contribution is 0.0656. The lowest BCUT2D eigenvalue weighted by Crippen LogP contribution is -2.25. The zero-order valence-corrected chi connectivity index (χ0v) is 10.2. The molecule has 3 heteroatoms. The highest BCUT2D eigenvalue weighted by Gasteiger charge is 1.96. The van der Waals surface area contributed by atoms with Crippen LogP contribution in [-0.4, -0.2) is 51.3 Å². The summed E-state index contributed by atoms with van der Waals surface area (Å²) < 4.78 is 5.55. The maximum absolute atomic E-state index is 5.55. The Labute approximate surface area is 88.8 Å². The van der Waals surface area contributed by atoms with Crippen LogP contribution in [0.1, 0.15) is 26.7 Å². The Bertz CT molecular complexity index is 118. The van der Waals surface area contributed by atoms with Crippen LogP contribution in [0.5, 0.6) is 0 Å². The van der Waals surface area contributed by atoms with Crippen LogP contribution in [0.25, 0.3) is 0 Å². The lowest BCUT2D eigenvalue weighted by Gasteiger charge is -2.12. The van der Waals surface area contributed by atoms with Crippen molar-refractivity contribution >= 4 is 0 Å². The fourth-order valence-corrected chi connectivity index (χ4v) is 1.10. The van der Waals surface area contributed by atoms with Gasteiger partial charge in [0.25, 0.3) is 0 Å². The Kier molecular flexibility index (Phi) is 9.35. The Morgan fingerprint density at radius 1 is 1.29 bits per heavy atom. The molecule has 0 fully saturated rings. The van der Waals surface area contributed by atoms with E-state index in [0.29, 0.717) is 6.10 Å². The summed E-state index contributed by atoms with van der Waals surface area (Å²) in [6.07, 6.45) is 2.70. The van der Waals surface area contributed by atoms with Gasteiger partial charge in [0, 0.05) is 6.54 Å². The molecular weight excluding hydrogens is 176 g/mol. The van der Waals surface area contributed by atoms with E-state index in [1.54, 1.807) is 0 Å². The fourth-order valence-electron chi connectivity index (χ4n) is 1.10. The largest absolute Gasteiger partial charge is 0.377 e. The predicted molar refractivity (Wildman–Crippen MR) is 61.7 cm³/mol. The summed E-state index contributed by atoms with van der Waals surface area (Å²) in [7, 11) is 4.21. The van der Waals surface area contributed by atoms with Crippen molar-refractivity contribution in [2.24, 2.45) is 0 Å². The van der Waals surface area contributed by atoms with E-state index >= 15 is 0 Å². The molecule has 0 aromatic carbocycles. The van der Waals surface area contributed by atoms with E-state index in [2.05, 4.69) is 38.2 Å². The third kappa shape index (κ3) is 9.96. The second-order valence-corrected chi connectivity index (χ2v) is 4.00. The van der Waals surface area contributed by atoms with Gasteiger partial charge in [0.2, 0.25) is 0 Å². The van der Waals surface area contributed by atoms with Gasteiger partial charge in [0.15, 0.2) is 0 Å². The highest BCUT2D eigenvalue weighted by Crippen LogP contribution is 1.93. The molecule has 0 radical (unpaired) electrons. The Hall–Kier alpha value is -0.120. The zero-order valence-electron chi connectivity index (χ0n) is 10.2. The molecule has 0 spiro atoms. The average molecular weight is 202 g/mol. The summed E-state index contributed by atoms with van der Waals surface area (Å²) in [5.74, 6) is 0. The van der Waals surface area contributed by atoms with Crippen molar-refractivity contribution in [3.05, 3.63) is 0 Å². The normalized spacial score (nSPS) is 13.5. The second kappa shape index (κ2) is 9.44. The van der Waals surface area contributed by atoms with Gasteiger partial charge in [-0.2, -0.15) is 0 Å². The van der Waals surface area contributed by atoms with Gasteiger partial charge in [-0.15, -0.1) is 0 Å². The number of rotatable bonds is 9. The smallest absolute Gasteiger partial charge is 0.0594 e. The first kappa shape index (κ1) is 13.9. The Morgan fingerprint density at radius 2 is 2.00 bits per heavy atom. The number of ether oxygens (including phenoxy) is 1. The van der Waals surface area contributed by atoms with Crippen molar-refractivity contribution in [2.45, 2.75) is 32.8 Å². The summed E-state index contributed by atoms with van der Waals surface area (Å²) >= 11 is 0. The molecule has 0 heterocycles. The minimum Gasteiger partial charge on any atom is -0.377 e. The molecule has 14 heavy (non-hydrogen) atoms. The van der Waals surface area contributed by atoms with Gasteiger partial charge in [-0.05, 0) is 47.0 Å². The van der Waals surface area contributed by atoms with Crippen LogP contribution >= 0.6 is 0 Å². The molecule has 86 valence electrons. The van der Waals surface area contributed by atoms with E-state index in [-0.39, 0.29) is 0 Å². The number of nitrogens with zero attached hydrogens (tertiary/aromatic N) is 1. The highest BCUT2D eigenvalue weighted by molar-refractivity contribution is 4.51. The van der Waals surface area contributed by atoms with Crippen molar-refractivity contribution in [2.75, 3.05) is 40.3 Å². The van der Waals surface area contributed by atoms with Crippen LogP contribution in [0.15, 0.2) is 0 Å². The number of nitrogens with one attached hydrogen (secondary N) is 1. The van der Waals surface area contributed by atoms with Crippen LogP contribution in [0.4, 0.5) is 0 Å². The molecule has 0 aromatic rings. The van der Waals surface area contributed by atoms with Gasteiger partial charge in [-0.1, -0.05) is 6.92 Å². The highest BCUT2D eigenvalue weighted by atomic mass is 16.5. The van der Waals surface area contributed by atoms with Crippen molar-refractivity contribution in [3.63, 3.8) is 0 Å². The Morgan fingerprint density at radius 3 is 2.57 bits per heavy atom. The molecule has 0 saturated carbocycles. The van der Waals surface area contributed by atoms with Crippen molar-refractivity contribution in [3.8, 4) is 0 Å². The van der Waals surface area contributed by atoms with Crippen LogP contribution < -0.4 is 5.32 Å². The molecule has 1 unspecified atom stereocenters. The molecule has 1 N–H and O–H groups in total. The molecule has 0 amide bonds. The molecule has 3 nitrogen and oxygen atoms in total. The fraction of sp³-hybridized carbons (Fsp3) is 1.00. The van der Waals surface area contributed by atoms with Crippen molar-refractivity contribution in [1.29, 1.82) is 0 Å².